The van der Waals surface area contributed by atoms with Crippen LogP contribution in [0, 0.1) is 6.92 Å². The van der Waals surface area contributed by atoms with E-state index in [9.17, 15) is 14.7 Å². The van der Waals surface area contributed by atoms with E-state index in [-0.39, 0.29) is 11.3 Å². The van der Waals surface area contributed by atoms with Crippen LogP contribution in [0.2, 0.25) is 0 Å². The van der Waals surface area contributed by atoms with Crippen LogP contribution in [0.1, 0.15) is 22.9 Å². The number of ketones is 1. The fraction of sp³-hybridized carbons (Fsp3) is 0.0800. The van der Waals surface area contributed by atoms with Crippen LogP contribution in [0.15, 0.2) is 84.7 Å². The molecule has 1 atom stereocenters. The molecule has 1 aliphatic heterocycles. The number of nitrogens with one attached hydrogen (secondary N) is 1. The average Bonchev–Trinajstić information content (AvgIpc) is 3.33. The zero-order chi connectivity index (χ0) is 21.5. The van der Waals surface area contributed by atoms with Crippen molar-refractivity contribution in [2.45, 2.75) is 13.0 Å². The fourth-order valence-corrected chi connectivity index (χ4v) is 4.11. The molecule has 1 amide bonds. The number of aliphatic hydroxyl groups is 1. The molecule has 3 heterocycles. The lowest BCUT2D eigenvalue weighted by Gasteiger charge is -2.24. The van der Waals surface area contributed by atoms with Gasteiger partial charge in [0.2, 0.25) is 0 Å². The molecule has 2 aromatic carbocycles. The number of anilines is 1. The Morgan fingerprint density at radius 1 is 1.03 bits per heavy atom. The number of H-pyrrole nitrogens is 1. The van der Waals surface area contributed by atoms with Gasteiger partial charge in [-0.15, -0.1) is 0 Å². The van der Waals surface area contributed by atoms with Gasteiger partial charge in [0.1, 0.15) is 11.8 Å². The Hall–Kier alpha value is -4.19. The van der Waals surface area contributed by atoms with Gasteiger partial charge in [0.25, 0.3) is 11.7 Å². The molecule has 5 rings (SSSR count). The molecule has 1 unspecified atom stereocenters. The molecule has 2 aromatic heterocycles. The van der Waals surface area contributed by atoms with E-state index in [2.05, 4.69) is 9.97 Å². The van der Waals surface area contributed by atoms with E-state index in [1.807, 2.05) is 49.4 Å². The van der Waals surface area contributed by atoms with E-state index in [0.29, 0.717) is 16.9 Å². The number of carbonyl (C=O) groups is 2. The maximum Gasteiger partial charge on any atom is 0.300 e. The van der Waals surface area contributed by atoms with Crippen LogP contribution in [0.25, 0.3) is 16.7 Å². The lowest BCUT2D eigenvalue weighted by molar-refractivity contribution is -0.132. The van der Waals surface area contributed by atoms with Crippen LogP contribution in [-0.4, -0.2) is 26.8 Å². The summed E-state index contributed by atoms with van der Waals surface area (Å²) in [6, 6.07) is 19.3. The highest BCUT2D eigenvalue weighted by Gasteiger charge is 2.47. The van der Waals surface area contributed by atoms with Gasteiger partial charge in [-0.2, -0.15) is 0 Å². The molecule has 2 N–H and O–H groups in total. The summed E-state index contributed by atoms with van der Waals surface area (Å²) in [5, 5.41) is 12.0. The third kappa shape index (κ3) is 3.00. The highest BCUT2D eigenvalue weighted by molar-refractivity contribution is 6.51. The Bertz CT molecular complexity index is 1350. The summed E-state index contributed by atoms with van der Waals surface area (Å²) in [6.45, 7) is 1.92. The number of benzene rings is 2. The molecule has 1 saturated heterocycles. The van der Waals surface area contributed by atoms with Gasteiger partial charge < -0.3 is 10.1 Å². The van der Waals surface area contributed by atoms with Gasteiger partial charge in [0.05, 0.1) is 11.3 Å². The SMILES string of the molecule is Cc1cccc(N2C(=O)C(=O)/C(=C(\O)c3c[nH]c4ccccc34)C2c2ccccn2)c1. The number of carbonyl (C=O) groups excluding carboxylic acids is 2. The molecule has 0 aliphatic carbocycles. The fourth-order valence-electron chi connectivity index (χ4n) is 4.11. The Morgan fingerprint density at radius 2 is 1.84 bits per heavy atom. The van der Waals surface area contributed by atoms with Gasteiger partial charge in [-0.3, -0.25) is 19.5 Å². The third-order valence-electron chi connectivity index (χ3n) is 5.54. The maximum absolute atomic E-state index is 13.2. The van der Waals surface area contributed by atoms with E-state index in [1.165, 1.54) is 4.90 Å². The number of aliphatic hydroxyl groups excluding tert-OH is 1. The van der Waals surface area contributed by atoms with E-state index in [4.69, 9.17) is 0 Å². The molecule has 6 nitrogen and oxygen atoms in total. The van der Waals surface area contributed by atoms with E-state index < -0.39 is 17.7 Å². The predicted molar refractivity (Wildman–Crippen MR) is 118 cm³/mol. The van der Waals surface area contributed by atoms with Crippen molar-refractivity contribution in [2.75, 3.05) is 4.90 Å². The number of aryl methyl sites for hydroxylation is 1. The minimum Gasteiger partial charge on any atom is -0.507 e. The van der Waals surface area contributed by atoms with Crippen LogP contribution in [0.3, 0.4) is 0 Å². The Balaban J connectivity index is 1.76. The molecule has 4 aromatic rings. The van der Waals surface area contributed by atoms with E-state index in [0.717, 1.165) is 16.5 Å². The number of fused-ring (bicyclic) bond motifs is 1. The van der Waals surface area contributed by atoms with Gasteiger partial charge in [-0.05, 0) is 42.8 Å². The van der Waals surface area contributed by atoms with Crippen molar-refractivity contribution in [2.24, 2.45) is 0 Å². The first-order chi connectivity index (χ1) is 15.1. The molecule has 152 valence electrons. The van der Waals surface area contributed by atoms with Gasteiger partial charge in [0.15, 0.2) is 0 Å². The van der Waals surface area contributed by atoms with Crippen molar-refractivity contribution in [3.05, 3.63) is 102 Å². The molecule has 31 heavy (non-hydrogen) atoms. The maximum atomic E-state index is 13.2. The monoisotopic (exact) mass is 409 g/mol. The van der Waals surface area contributed by atoms with Gasteiger partial charge in [-0.1, -0.05) is 36.4 Å². The number of para-hydroxylation sites is 1. The first-order valence-electron chi connectivity index (χ1n) is 9.91. The number of hydrogen-bond acceptors (Lipinski definition) is 4. The highest BCUT2D eigenvalue weighted by Crippen LogP contribution is 2.42. The molecule has 0 bridgehead atoms. The molecule has 6 heteroatoms. The van der Waals surface area contributed by atoms with Crippen LogP contribution in [0.5, 0.6) is 0 Å². The van der Waals surface area contributed by atoms with Crippen molar-refractivity contribution in [3.8, 4) is 0 Å². The number of pyridine rings is 1. The summed E-state index contributed by atoms with van der Waals surface area (Å²) in [5.41, 5.74) is 3.36. The molecule has 1 aliphatic rings. The Kier molecular flexibility index (Phi) is 4.40. The summed E-state index contributed by atoms with van der Waals surface area (Å²) < 4.78 is 0. The zero-order valence-corrected chi connectivity index (χ0v) is 16.7. The molecular weight excluding hydrogens is 390 g/mol. The molecule has 0 radical (unpaired) electrons. The predicted octanol–water partition coefficient (Wildman–Crippen LogP) is 4.50. The first kappa shape index (κ1) is 18.8. The molecule has 0 spiro atoms. The summed E-state index contributed by atoms with van der Waals surface area (Å²) in [7, 11) is 0. The standard InChI is InChI=1S/C25H19N3O3/c1-15-7-6-8-16(13-15)28-22(20-11-4-5-12-26-20)21(24(30)25(28)31)23(29)18-14-27-19-10-3-2-9-17(18)19/h2-14,22,27,29H,1H3/b23-21-. The second kappa shape index (κ2) is 7.25. The minimum absolute atomic E-state index is 0.0231. The van der Waals surface area contributed by atoms with Crippen LogP contribution >= 0.6 is 0 Å². The minimum atomic E-state index is -0.836. The summed E-state index contributed by atoms with van der Waals surface area (Å²) in [4.78, 5) is 35.3. The second-order valence-electron chi connectivity index (χ2n) is 7.51. The number of nitrogens with zero attached hydrogens (tertiary/aromatic N) is 2. The lowest BCUT2D eigenvalue weighted by Crippen LogP contribution is -2.29. The van der Waals surface area contributed by atoms with Crippen molar-refractivity contribution in [1.29, 1.82) is 0 Å². The largest absolute Gasteiger partial charge is 0.507 e. The van der Waals surface area contributed by atoms with Crippen molar-refractivity contribution in [1.82, 2.24) is 9.97 Å². The summed E-state index contributed by atoms with van der Waals surface area (Å²) >= 11 is 0. The Labute approximate surface area is 178 Å². The normalized spacial score (nSPS) is 18.1. The van der Waals surface area contributed by atoms with E-state index >= 15 is 0 Å². The summed E-state index contributed by atoms with van der Waals surface area (Å²) in [5.74, 6) is -1.65. The number of rotatable bonds is 3. The van der Waals surface area contributed by atoms with E-state index in [1.54, 1.807) is 36.7 Å². The molecular formula is C25H19N3O3. The van der Waals surface area contributed by atoms with Crippen molar-refractivity contribution in [3.63, 3.8) is 0 Å². The van der Waals surface area contributed by atoms with Gasteiger partial charge >= 0.3 is 0 Å². The molecule has 1 fully saturated rings. The number of hydrogen-bond donors (Lipinski definition) is 2. The summed E-state index contributed by atoms with van der Waals surface area (Å²) in [6.07, 6.45) is 3.26. The van der Waals surface area contributed by atoms with Crippen LogP contribution < -0.4 is 4.90 Å². The topological polar surface area (TPSA) is 86.3 Å². The van der Waals surface area contributed by atoms with Gasteiger partial charge in [0, 0.05) is 34.5 Å². The quantitative estimate of drug-likeness (QED) is 0.296. The number of Topliss-reactive ketones (excluding diaryl/α,β-unsaturated/α-hetero) is 1. The smallest absolute Gasteiger partial charge is 0.300 e. The van der Waals surface area contributed by atoms with Crippen molar-refractivity contribution >= 4 is 34.0 Å². The van der Waals surface area contributed by atoms with Crippen LogP contribution in [-0.2, 0) is 9.59 Å². The van der Waals surface area contributed by atoms with Crippen molar-refractivity contribution < 1.29 is 14.7 Å². The highest BCUT2D eigenvalue weighted by atomic mass is 16.3. The van der Waals surface area contributed by atoms with Gasteiger partial charge in [-0.25, -0.2) is 0 Å². The second-order valence-corrected chi connectivity index (χ2v) is 7.51. The third-order valence-corrected chi connectivity index (χ3v) is 5.54. The Morgan fingerprint density at radius 3 is 2.61 bits per heavy atom. The van der Waals surface area contributed by atoms with Crippen LogP contribution in [0.4, 0.5) is 5.69 Å². The lowest BCUT2D eigenvalue weighted by atomic mass is 9.98. The molecule has 0 saturated carbocycles. The average molecular weight is 409 g/mol. The first-order valence-corrected chi connectivity index (χ1v) is 9.91. The zero-order valence-electron chi connectivity index (χ0n) is 16.7. The number of aromatic amines is 1. The number of aromatic nitrogens is 2. The number of amides is 1.